The van der Waals surface area contributed by atoms with Crippen LogP contribution in [-0.2, 0) is 31.0 Å². The zero-order chi connectivity index (χ0) is 21.6. The molecule has 1 aliphatic heterocycles. The molecule has 0 atom stereocenters. The van der Waals surface area contributed by atoms with Gasteiger partial charge in [-0.05, 0) is 61.4 Å². The molecule has 0 spiro atoms. The van der Waals surface area contributed by atoms with Gasteiger partial charge in [0.15, 0.2) is 0 Å². The normalized spacial score (nSPS) is 15.9. The third-order valence-corrected chi connectivity index (χ3v) is 8.71. The molecule has 1 aliphatic rings. The summed E-state index contributed by atoms with van der Waals surface area (Å²) in [6.45, 7) is 3.73. The van der Waals surface area contributed by atoms with Crippen LogP contribution in [0.4, 0.5) is 0 Å². The number of aryl methyl sites for hydroxylation is 1. The molecular weight excluding hydrogens is 422 g/mol. The van der Waals surface area contributed by atoms with E-state index in [1.54, 1.807) is 24.3 Å². The topological polar surface area (TPSA) is 89.5 Å². The van der Waals surface area contributed by atoms with Crippen molar-refractivity contribution >= 4 is 19.9 Å². The number of sulfone groups is 1. The van der Waals surface area contributed by atoms with E-state index in [9.17, 15) is 16.8 Å². The second-order valence-corrected chi connectivity index (χ2v) is 11.3. The van der Waals surface area contributed by atoms with Crippen LogP contribution in [0.5, 0.6) is 0 Å². The zero-order valence-electron chi connectivity index (χ0n) is 17.2. The molecule has 0 aliphatic carbocycles. The van der Waals surface area contributed by atoms with E-state index in [2.05, 4.69) is 4.72 Å². The molecule has 1 fully saturated rings. The number of nitrogens with one attached hydrogen (secondary N) is 1. The summed E-state index contributed by atoms with van der Waals surface area (Å²) in [5, 5.41) is 0. The van der Waals surface area contributed by atoms with Crippen LogP contribution in [0.15, 0.2) is 63.2 Å². The molecule has 164 valence electrons. The Morgan fingerprint density at radius 1 is 0.967 bits per heavy atom. The molecule has 2 aromatic rings. The summed E-state index contributed by atoms with van der Waals surface area (Å²) in [5.41, 5.74) is 0.628. The molecule has 0 aromatic heterocycles. The van der Waals surface area contributed by atoms with Gasteiger partial charge in [-0.25, -0.2) is 21.6 Å². The lowest BCUT2D eigenvalue weighted by Gasteiger charge is -2.22. The van der Waals surface area contributed by atoms with Gasteiger partial charge in [-0.3, -0.25) is 0 Å². The van der Waals surface area contributed by atoms with Crippen molar-refractivity contribution in [3.05, 3.63) is 54.1 Å². The van der Waals surface area contributed by atoms with Gasteiger partial charge in [0.2, 0.25) is 19.9 Å². The number of benzene rings is 2. The minimum atomic E-state index is -3.82. The molecule has 0 bridgehead atoms. The van der Waals surface area contributed by atoms with E-state index in [-0.39, 0.29) is 14.7 Å². The Labute approximate surface area is 179 Å². The first-order valence-electron chi connectivity index (χ1n) is 10.3. The summed E-state index contributed by atoms with van der Waals surface area (Å²) in [6.07, 6.45) is 3.94. The first-order valence-corrected chi connectivity index (χ1v) is 13.3. The van der Waals surface area contributed by atoms with E-state index in [4.69, 9.17) is 4.74 Å². The maximum atomic E-state index is 13.1. The van der Waals surface area contributed by atoms with E-state index < -0.39 is 19.9 Å². The van der Waals surface area contributed by atoms with Crippen molar-refractivity contribution in [1.29, 1.82) is 0 Å². The average Bonchev–Trinajstić information content (AvgIpc) is 2.75. The molecule has 1 heterocycles. The van der Waals surface area contributed by atoms with Crippen molar-refractivity contribution in [3.63, 3.8) is 0 Å². The Hall–Kier alpha value is -1.74. The van der Waals surface area contributed by atoms with Gasteiger partial charge >= 0.3 is 0 Å². The molecule has 0 amide bonds. The third-order valence-electron chi connectivity index (χ3n) is 5.40. The highest BCUT2D eigenvalue weighted by atomic mass is 32.2. The SMILES string of the molecule is CCCc1ccc(S(=O)(=O)c2ccccc2)cc1S(=O)(=O)NCCC1CCOCC1. The van der Waals surface area contributed by atoms with Gasteiger partial charge in [0.05, 0.1) is 14.7 Å². The molecule has 30 heavy (non-hydrogen) atoms. The number of sulfonamides is 1. The highest BCUT2D eigenvalue weighted by Crippen LogP contribution is 2.27. The van der Waals surface area contributed by atoms with Crippen molar-refractivity contribution in [3.8, 4) is 0 Å². The highest BCUT2D eigenvalue weighted by Gasteiger charge is 2.24. The second kappa shape index (κ2) is 10.0. The number of rotatable bonds is 9. The zero-order valence-corrected chi connectivity index (χ0v) is 18.8. The van der Waals surface area contributed by atoms with Gasteiger partial charge < -0.3 is 4.74 Å². The quantitative estimate of drug-likeness (QED) is 0.630. The van der Waals surface area contributed by atoms with Gasteiger partial charge in [0.25, 0.3) is 0 Å². The summed E-state index contributed by atoms with van der Waals surface area (Å²) in [4.78, 5) is 0.177. The lowest BCUT2D eigenvalue weighted by molar-refractivity contribution is 0.0644. The number of ether oxygens (including phenoxy) is 1. The summed E-state index contributed by atoms with van der Waals surface area (Å²) >= 11 is 0. The van der Waals surface area contributed by atoms with Crippen molar-refractivity contribution in [2.24, 2.45) is 5.92 Å². The van der Waals surface area contributed by atoms with Crippen LogP contribution in [-0.4, -0.2) is 36.6 Å². The average molecular weight is 452 g/mol. The Kier molecular flexibility index (Phi) is 7.68. The summed E-state index contributed by atoms with van der Waals surface area (Å²) in [6, 6.07) is 12.5. The fourth-order valence-electron chi connectivity index (χ4n) is 3.67. The molecular formula is C22H29NO5S2. The lowest BCUT2D eigenvalue weighted by Crippen LogP contribution is -2.28. The monoisotopic (exact) mass is 451 g/mol. The van der Waals surface area contributed by atoms with Gasteiger partial charge in [-0.15, -0.1) is 0 Å². The molecule has 1 saturated heterocycles. The van der Waals surface area contributed by atoms with Crippen molar-refractivity contribution in [1.82, 2.24) is 4.72 Å². The second-order valence-electron chi connectivity index (χ2n) is 7.58. The molecule has 1 N–H and O–H groups in total. The van der Waals surface area contributed by atoms with Crippen LogP contribution in [0.25, 0.3) is 0 Å². The fraction of sp³-hybridized carbons (Fsp3) is 0.455. The Balaban J connectivity index is 1.86. The van der Waals surface area contributed by atoms with Crippen LogP contribution in [0.1, 0.15) is 38.2 Å². The predicted octanol–water partition coefficient (Wildman–Crippen LogP) is 3.57. The number of hydrogen-bond donors (Lipinski definition) is 1. The first kappa shape index (κ1) is 22.9. The van der Waals surface area contributed by atoms with Crippen molar-refractivity contribution in [2.75, 3.05) is 19.8 Å². The van der Waals surface area contributed by atoms with Gasteiger partial charge in [0.1, 0.15) is 0 Å². The van der Waals surface area contributed by atoms with E-state index in [0.29, 0.717) is 24.4 Å². The van der Waals surface area contributed by atoms with Gasteiger partial charge in [0, 0.05) is 19.8 Å². The Morgan fingerprint density at radius 3 is 2.33 bits per heavy atom. The maximum absolute atomic E-state index is 13.1. The molecule has 6 nitrogen and oxygen atoms in total. The van der Waals surface area contributed by atoms with E-state index >= 15 is 0 Å². The molecule has 0 saturated carbocycles. The molecule has 8 heteroatoms. The van der Waals surface area contributed by atoms with E-state index in [0.717, 1.165) is 38.9 Å². The van der Waals surface area contributed by atoms with E-state index in [1.807, 2.05) is 6.92 Å². The highest BCUT2D eigenvalue weighted by molar-refractivity contribution is 7.91. The lowest BCUT2D eigenvalue weighted by atomic mass is 9.97. The maximum Gasteiger partial charge on any atom is 0.240 e. The largest absolute Gasteiger partial charge is 0.381 e. The van der Waals surface area contributed by atoms with Crippen LogP contribution in [0.2, 0.25) is 0 Å². The Morgan fingerprint density at radius 2 is 1.67 bits per heavy atom. The summed E-state index contributed by atoms with van der Waals surface area (Å²) in [7, 11) is -7.62. The smallest absolute Gasteiger partial charge is 0.240 e. The predicted molar refractivity (Wildman–Crippen MR) is 116 cm³/mol. The summed E-state index contributed by atoms with van der Waals surface area (Å²) in [5.74, 6) is 0.446. The fourth-order valence-corrected chi connectivity index (χ4v) is 6.40. The van der Waals surface area contributed by atoms with Gasteiger partial charge in [-0.2, -0.15) is 0 Å². The molecule has 2 aromatic carbocycles. The minimum absolute atomic E-state index is 0.0154. The number of hydrogen-bond acceptors (Lipinski definition) is 5. The van der Waals surface area contributed by atoms with Gasteiger partial charge in [-0.1, -0.05) is 37.6 Å². The van der Waals surface area contributed by atoms with Crippen LogP contribution in [0, 0.1) is 5.92 Å². The van der Waals surface area contributed by atoms with Crippen molar-refractivity contribution in [2.45, 2.75) is 53.7 Å². The first-order chi connectivity index (χ1) is 14.3. The molecule has 0 radical (unpaired) electrons. The summed E-state index contributed by atoms with van der Waals surface area (Å²) < 4.78 is 60.1. The van der Waals surface area contributed by atoms with Crippen molar-refractivity contribution < 1.29 is 21.6 Å². The van der Waals surface area contributed by atoms with E-state index in [1.165, 1.54) is 24.3 Å². The third kappa shape index (κ3) is 5.49. The molecule has 0 unspecified atom stereocenters. The van der Waals surface area contributed by atoms with Crippen LogP contribution >= 0.6 is 0 Å². The minimum Gasteiger partial charge on any atom is -0.381 e. The van der Waals surface area contributed by atoms with Crippen LogP contribution < -0.4 is 4.72 Å². The Bertz CT molecular complexity index is 1040. The van der Waals surface area contributed by atoms with Crippen LogP contribution in [0.3, 0.4) is 0 Å². The molecule has 3 rings (SSSR count). The standard InChI is InChI=1S/C22H29NO5S2/c1-2-6-19-9-10-21(29(24,25)20-7-4-3-5-8-20)17-22(19)30(26,27)23-14-11-18-12-15-28-16-13-18/h3-5,7-10,17-18,23H,2,6,11-16H2,1H3.